The quantitative estimate of drug-likeness (QED) is 0.426. The molecule has 0 amide bonds. The van der Waals surface area contributed by atoms with Crippen LogP contribution in [0.1, 0.15) is 47.3 Å². The van der Waals surface area contributed by atoms with Gasteiger partial charge in [-0.15, -0.1) is 0 Å². The van der Waals surface area contributed by atoms with Crippen LogP contribution >= 0.6 is 0 Å². The first-order valence-electron chi connectivity index (χ1n) is 7.51. The molecule has 0 spiro atoms. The highest BCUT2D eigenvalue weighted by atomic mass is 17.5. The van der Waals surface area contributed by atoms with Crippen molar-refractivity contribution in [3.05, 3.63) is 34.4 Å². The van der Waals surface area contributed by atoms with E-state index in [0.29, 0.717) is 12.0 Å². The summed E-state index contributed by atoms with van der Waals surface area (Å²) in [5, 5.41) is 4.21. The second kappa shape index (κ2) is 8.65. The minimum Gasteiger partial charge on any atom is -0.432 e. The summed E-state index contributed by atoms with van der Waals surface area (Å²) in [6.07, 6.45) is -0.632. The molecule has 0 aliphatic carbocycles. The minimum absolute atomic E-state index is 0.0765. The topological polar surface area (TPSA) is 80.3 Å². The van der Waals surface area contributed by atoms with Crippen LogP contribution in [0.15, 0.2) is 12.1 Å². The van der Waals surface area contributed by atoms with Gasteiger partial charge in [-0.2, -0.15) is 0 Å². The fourth-order valence-corrected chi connectivity index (χ4v) is 2.13. The predicted molar refractivity (Wildman–Crippen MR) is 85.3 cm³/mol. The van der Waals surface area contributed by atoms with Gasteiger partial charge in [-0.1, -0.05) is 17.7 Å². The Morgan fingerprint density at radius 1 is 1.04 bits per heavy atom. The van der Waals surface area contributed by atoms with Crippen LogP contribution < -0.4 is 0 Å². The Morgan fingerprint density at radius 2 is 1.62 bits per heavy atom. The third-order valence-electron chi connectivity index (χ3n) is 3.57. The van der Waals surface area contributed by atoms with Crippen LogP contribution in [0.25, 0.3) is 0 Å². The molecule has 1 aromatic rings. The van der Waals surface area contributed by atoms with Gasteiger partial charge >= 0.3 is 12.1 Å². The third-order valence-corrected chi connectivity index (χ3v) is 3.57. The van der Waals surface area contributed by atoms with Crippen molar-refractivity contribution in [1.82, 2.24) is 0 Å². The molecule has 0 aromatic heterocycles. The lowest BCUT2D eigenvalue weighted by Crippen LogP contribution is -2.25. The molecule has 7 nitrogen and oxygen atoms in total. The molecule has 0 bridgehead atoms. The van der Waals surface area contributed by atoms with E-state index in [1.807, 2.05) is 32.9 Å². The molecular formula is C17H24O7. The van der Waals surface area contributed by atoms with Crippen LogP contribution in [0.3, 0.4) is 0 Å². The van der Waals surface area contributed by atoms with E-state index in [1.54, 1.807) is 21.0 Å². The van der Waals surface area contributed by atoms with E-state index in [4.69, 9.17) is 9.47 Å². The van der Waals surface area contributed by atoms with Crippen molar-refractivity contribution in [2.45, 2.75) is 46.6 Å². The van der Waals surface area contributed by atoms with Crippen LogP contribution in [-0.4, -0.2) is 31.4 Å². The van der Waals surface area contributed by atoms with Gasteiger partial charge in [-0.05, 0) is 45.7 Å². The van der Waals surface area contributed by atoms with Crippen LogP contribution in [0.5, 0.6) is 0 Å². The second-order valence-corrected chi connectivity index (χ2v) is 6.11. The van der Waals surface area contributed by atoms with Crippen molar-refractivity contribution >= 4 is 12.1 Å². The standard InChI is InChI=1S/C17H24O7/c1-11-9-12(2)14(13(3)10-11)15(18)22-24-23-16(19)21-8-7-17(4,5)20-6/h9-10H,7-8H2,1-6H3. The molecule has 0 aliphatic heterocycles. The Bertz CT molecular complexity index is 570. The average Bonchev–Trinajstić information content (AvgIpc) is 2.46. The lowest BCUT2D eigenvalue weighted by molar-refractivity contribution is -0.452. The molecule has 0 N–H and O–H groups in total. The van der Waals surface area contributed by atoms with Crippen molar-refractivity contribution < 1.29 is 33.9 Å². The molecule has 1 rings (SSSR count). The van der Waals surface area contributed by atoms with Crippen molar-refractivity contribution in [1.29, 1.82) is 0 Å². The molecule has 1 aromatic carbocycles. The number of carbonyl (C=O) groups excluding carboxylic acids is 2. The van der Waals surface area contributed by atoms with Gasteiger partial charge in [0.05, 0.1) is 22.8 Å². The Morgan fingerprint density at radius 3 is 2.17 bits per heavy atom. The summed E-state index contributed by atoms with van der Waals surface area (Å²) in [6.45, 7) is 9.27. The molecule has 0 atom stereocenters. The van der Waals surface area contributed by atoms with Gasteiger partial charge in [0.2, 0.25) is 0 Å². The number of rotatable bonds is 7. The molecule has 134 valence electrons. The summed E-state index contributed by atoms with van der Waals surface area (Å²) in [6, 6.07) is 3.69. The maximum Gasteiger partial charge on any atom is 0.543 e. The van der Waals surface area contributed by atoms with E-state index in [0.717, 1.165) is 16.7 Å². The Balaban J connectivity index is 2.40. The van der Waals surface area contributed by atoms with E-state index < -0.39 is 17.7 Å². The van der Waals surface area contributed by atoms with E-state index >= 15 is 0 Å². The lowest BCUT2D eigenvalue weighted by atomic mass is 10.0. The first-order valence-corrected chi connectivity index (χ1v) is 7.51. The first-order chi connectivity index (χ1) is 11.2. The number of benzene rings is 1. The van der Waals surface area contributed by atoms with Crippen LogP contribution in [-0.2, 0) is 24.3 Å². The molecule has 0 heterocycles. The van der Waals surface area contributed by atoms with Gasteiger partial charge in [0.1, 0.15) is 0 Å². The predicted octanol–water partition coefficient (Wildman–Crippen LogP) is 3.58. The Kier molecular flexibility index (Phi) is 7.18. The first kappa shape index (κ1) is 19.9. The highest BCUT2D eigenvalue weighted by Crippen LogP contribution is 2.17. The zero-order valence-corrected chi connectivity index (χ0v) is 14.9. The summed E-state index contributed by atoms with van der Waals surface area (Å²) in [7, 11) is 1.57. The summed E-state index contributed by atoms with van der Waals surface area (Å²) in [5.41, 5.74) is 2.45. The molecular weight excluding hydrogens is 316 g/mol. The van der Waals surface area contributed by atoms with E-state index in [9.17, 15) is 9.59 Å². The van der Waals surface area contributed by atoms with Crippen LogP contribution in [0.2, 0.25) is 0 Å². The summed E-state index contributed by atoms with van der Waals surface area (Å²) in [5.74, 6) is -0.752. The molecule has 0 unspecified atom stereocenters. The van der Waals surface area contributed by atoms with Crippen molar-refractivity contribution in [3.63, 3.8) is 0 Å². The molecule has 0 saturated carbocycles. The van der Waals surface area contributed by atoms with Gasteiger partial charge in [-0.3, -0.25) is 4.89 Å². The highest BCUT2D eigenvalue weighted by Gasteiger charge is 2.19. The second-order valence-electron chi connectivity index (χ2n) is 6.11. The number of methoxy groups -OCH3 is 1. The molecule has 24 heavy (non-hydrogen) atoms. The molecule has 0 radical (unpaired) electrons. The normalized spacial score (nSPS) is 11.1. The van der Waals surface area contributed by atoms with Gasteiger partial charge < -0.3 is 9.47 Å². The van der Waals surface area contributed by atoms with E-state index in [2.05, 4.69) is 14.8 Å². The lowest BCUT2D eigenvalue weighted by Gasteiger charge is -2.21. The monoisotopic (exact) mass is 340 g/mol. The summed E-state index contributed by atoms with van der Waals surface area (Å²) in [4.78, 5) is 32.0. The molecule has 7 heteroatoms. The minimum atomic E-state index is -1.10. The maximum absolute atomic E-state index is 12.0. The van der Waals surface area contributed by atoms with E-state index in [-0.39, 0.29) is 6.61 Å². The highest BCUT2D eigenvalue weighted by molar-refractivity contribution is 5.92. The number of ether oxygens (including phenoxy) is 2. The van der Waals surface area contributed by atoms with Gasteiger partial charge in [0.15, 0.2) is 0 Å². The van der Waals surface area contributed by atoms with Crippen LogP contribution in [0.4, 0.5) is 4.79 Å². The van der Waals surface area contributed by atoms with Crippen molar-refractivity contribution in [3.8, 4) is 0 Å². The zero-order chi connectivity index (χ0) is 18.3. The summed E-state index contributed by atoms with van der Waals surface area (Å²) < 4.78 is 9.95. The Labute approximate surface area is 141 Å². The van der Waals surface area contributed by atoms with Crippen LogP contribution in [0, 0.1) is 20.8 Å². The van der Waals surface area contributed by atoms with Gasteiger partial charge in [0, 0.05) is 13.5 Å². The SMILES string of the molecule is COC(C)(C)CCOC(=O)OOOC(=O)c1c(C)cc(C)cc1C. The zero-order valence-electron chi connectivity index (χ0n) is 14.9. The fourth-order valence-electron chi connectivity index (χ4n) is 2.13. The molecule has 0 aliphatic rings. The maximum atomic E-state index is 12.0. The van der Waals surface area contributed by atoms with Gasteiger partial charge in [-0.25, -0.2) is 14.5 Å². The average molecular weight is 340 g/mol. The van der Waals surface area contributed by atoms with E-state index in [1.165, 1.54) is 0 Å². The van der Waals surface area contributed by atoms with Gasteiger partial charge in [0.25, 0.3) is 0 Å². The smallest absolute Gasteiger partial charge is 0.432 e. The molecule has 0 fully saturated rings. The number of hydrogen-bond acceptors (Lipinski definition) is 7. The number of hydrogen-bond donors (Lipinski definition) is 0. The fraction of sp³-hybridized carbons (Fsp3) is 0.529. The Hall–Kier alpha value is -2.12. The number of carbonyl (C=O) groups is 2. The summed E-state index contributed by atoms with van der Waals surface area (Å²) >= 11 is 0. The molecule has 0 saturated heterocycles. The van der Waals surface area contributed by atoms with Crippen molar-refractivity contribution in [2.24, 2.45) is 0 Å². The van der Waals surface area contributed by atoms with Crippen molar-refractivity contribution in [2.75, 3.05) is 13.7 Å². The third kappa shape index (κ3) is 6.17. The number of aryl methyl sites for hydroxylation is 3. The largest absolute Gasteiger partial charge is 0.543 e.